The van der Waals surface area contributed by atoms with Crippen molar-refractivity contribution in [2.75, 3.05) is 6.61 Å². The van der Waals surface area contributed by atoms with Crippen molar-refractivity contribution in [3.8, 4) is 11.8 Å². The van der Waals surface area contributed by atoms with Crippen LogP contribution in [0.25, 0.3) is 0 Å². The molecule has 3 N–H and O–H groups in total. The van der Waals surface area contributed by atoms with E-state index < -0.39 is 12.1 Å². The molecule has 0 amide bonds. The van der Waals surface area contributed by atoms with Crippen molar-refractivity contribution < 1.29 is 20.1 Å². The lowest BCUT2D eigenvalue weighted by molar-refractivity contribution is 0.0702. The summed E-state index contributed by atoms with van der Waals surface area (Å²) in [5.74, 6) is 5.55. The number of rotatable bonds is 8. The van der Waals surface area contributed by atoms with Gasteiger partial charge in [-0.25, -0.2) is 4.79 Å². The first kappa shape index (κ1) is 22.8. The number of alkyl halides is 1. The molecule has 1 aromatic heterocycles. The second kappa shape index (κ2) is 11.0. The molecule has 0 radical (unpaired) electrons. The van der Waals surface area contributed by atoms with Gasteiger partial charge < -0.3 is 15.3 Å². The van der Waals surface area contributed by atoms with Crippen molar-refractivity contribution in [3.63, 3.8) is 0 Å². The number of thiophene rings is 1. The molecule has 2 aromatic rings. The number of aliphatic hydroxyl groups excluding tert-OH is 2. The predicted molar refractivity (Wildman–Crippen MR) is 120 cm³/mol. The van der Waals surface area contributed by atoms with Gasteiger partial charge in [0.25, 0.3) is 0 Å². The van der Waals surface area contributed by atoms with Gasteiger partial charge in [0, 0.05) is 22.4 Å². The number of carbonyl (C=O) groups is 1. The first-order valence-electron chi connectivity index (χ1n) is 10.3. The van der Waals surface area contributed by atoms with Gasteiger partial charge in [0.05, 0.1) is 12.0 Å². The van der Waals surface area contributed by atoms with Gasteiger partial charge in [-0.3, -0.25) is 0 Å². The number of carboxylic acids is 1. The van der Waals surface area contributed by atoms with Gasteiger partial charge in [0.15, 0.2) is 0 Å². The number of aryl methyl sites for hydroxylation is 2. The lowest BCUT2D eigenvalue weighted by Crippen LogP contribution is -2.19. The largest absolute Gasteiger partial charge is 0.477 e. The second-order valence-corrected chi connectivity index (χ2v) is 9.50. The number of benzene rings is 1. The lowest BCUT2D eigenvalue weighted by atomic mass is 9.90. The average molecular weight is 447 g/mol. The van der Waals surface area contributed by atoms with Gasteiger partial charge in [0.2, 0.25) is 0 Å². The summed E-state index contributed by atoms with van der Waals surface area (Å²) in [5, 5.41) is 28.4. The monoisotopic (exact) mass is 446 g/mol. The third-order valence-electron chi connectivity index (χ3n) is 5.57. The third-order valence-corrected chi connectivity index (χ3v) is 7.21. The summed E-state index contributed by atoms with van der Waals surface area (Å²) in [6.07, 6.45) is 4.10. The molecule has 30 heavy (non-hydrogen) atoms. The van der Waals surface area contributed by atoms with Crippen LogP contribution < -0.4 is 0 Å². The van der Waals surface area contributed by atoms with Crippen LogP contribution in [0, 0.1) is 23.7 Å². The molecule has 0 saturated heterocycles. The second-order valence-electron chi connectivity index (χ2n) is 7.77. The highest BCUT2D eigenvalue weighted by molar-refractivity contribution is 7.13. The molecular formula is C24H27ClO4S. The van der Waals surface area contributed by atoms with Crippen LogP contribution in [0.1, 0.15) is 51.4 Å². The van der Waals surface area contributed by atoms with Crippen molar-refractivity contribution in [1.29, 1.82) is 0 Å². The van der Waals surface area contributed by atoms with E-state index in [1.165, 1.54) is 11.3 Å². The van der Waals surface area contributed by atoms with E-state index in [9.17, 15) is 9.90 Å². The SMILES string of the molecule is O=C(O)c1ccc(CCC[C@@H]2[C@@H](C#Cc3cccc(CCCO)c3)[C@H](O)C[C@@H]2Cl)s1. The van der Waals surface area contributed by atoms with Crippen LogP contribution in [-0.2, 0) is 12.8 Å². The zero-order valence-electron chi connectivity index (χ0n) is 16.8. The van der Waals surface area contributed by atoms with E-state index in [1.54, 1.807) is 6.07 Å². The van der Waals surface area contributed by atoms with Crippen LogP contribution in [0.15, 0.2) is 36.4 Å². The highest BCUT2D eigenvalue weighted by Gasteiger charge is 2.40. The van der Waals surface area contributed by atoms with E-state index in [2.05, 4.69) is 11.8 Å². The summed E-state index contributed by atoms with van der Waals surface area (Å²) in [7, 11) is 0. The Morgan fingerprint density at radius 3 is 2.77 bits per heavy atom. The molecule has 1 aliphatic rings. The lowest BCUT2D eigenvalue weighted by Gasteiger charge is -2.18. The predicted octanol–water partition coefficient (Wildman–Crippen LogP) is 4.35. The number of hydrogen-bond donors (Lipinski definition) is 3. The number of halogens is 1. The van der Waals surface area contributed by atoms with E-state index in [0.29, 0.717) is 11.3 Å². The molecule has 0 aliphatic heterocycles. The van der Waals surface area contributed by atoms with Crippen molar-refractivity contribution in [3.05, 3.63) is 57.3 Å². The van der Waals surface area contributed by atoms with Gasteiger partial charge in [-0.1, -0.05) is 24.0 Å². The summed E-state index contributed by atoms with van der Waals surface area (Å²) in [6, 6.07) is 11.5. The maximum atomic E-state index is 11.0. The smallest absolute Gasteiger partial charge is 0.345 e. The van der Waals surface area contributed by atoms with Crippen molar-refractivity contribution in [1.82, 2.24) is 0 Å². The zero-order chi connectivity index (χ0) is 21.5. The Labute approximate surface area is 186 Å². The molecule has 0 bridgehead atoms. The molecule has 3 rings (SSSR count). The van der Waals surface area contributed by atoms with Crippen molar-refractivity contribution in [2.45, 2.75) is 50.0 Å². The highest BCUT2D eigenvalue weighted by atomic mass is 35.5. The fourth-order valence-corrected chi connectivity index (χ4v) is 5.37. The van der Waals surface area contributed by atoms with Crippen LogP contribution >= 0.6 is 22.9 Å². The van der Waals surface area contributed by atoms with Crippen LogP contribution in [-0.4, -0.2) is 39.4 Å². The molecule has 0 unspecified atom stereocenters. The molecule has 160 valence electrons. The van der Waals surface area contributed by atoms with Gasteiger partial charge in [-0.2, -0.15) is 0 Å². The van der Waals surface area contributed by atoms with Gasteiger partial charge >= 0.3 is 5.97 Å². The molecule has 1 saturated carbocycles. The van der Waals surface area contributed by atoms with E-state index in [4.69, 9.17) is 21.8 Å². The minimum Gasteiger partial charge on any atom is -0.477 e. The Morgan fingerprint density at radius 1 is 1.20 bits per heavy atom. The van der Waals surface area contributed by atoms with Crippen molar-refractivity contribution in [2.24, 2.45) is 11.8 Å². The molecule has 4 nitrogen and oxygen atoms in total. The molecule has 1 aliphatic carbocycles. The minimum absolute atomic E-state index is 0.104. The zero-order valence-corrected chi connectivity index (χ0v) is 18.3. The highest BCUT2D eigenvalue weighted by Crippen LogP contribution is 2.39. The standard InChI is InChI=1S/C24H27ClO4S/c25-21-15-22(27)20(11-9-17-5-1-4-16(14-17)6-3-13-26)19(21)8-2-7-18-10-12-23(30-18)24(28)29/h1,4-5,10,12,14,19-22,26-27H,2-3,6-8,13,15H2,(H,28,29)/t19-,20-,21+,22-/m1/s1. The van der Waals surface area contributed by atoms with Gasteiger partial charge in [0.1, 0.15) is 4.88 Å². The third kappa shape index (κ3) is 6.09. The maximum Gasteiger partial charge on any atom is 0.345 e. The number of aromatic carboxylic acids is 1. The Morgan fingerprint density at radius 2 is 2.03 bits per heavy atom. The van der Waals surface area contributed by atoms with Crippen molar-refractivity contribution >= 4 is 28.9 Å². The van der Waals surface area contributed by atoms with Crippen LogP contribution in [0.3, 0.4) is 0 Å². The fourth-order valence-electron chi connectivity index (χ4n) is 4.02. The summed E-state index contributed by atoms with van der Waals surface area (Å²) in [4.78, 5) is 12.4. The Balaban J connectivity index is 1.62. The molecule has 4 atom stereocenters. The molecule has 1 fully saturated rings. The first-order valence-corrected chi connectivity index (χ1v) is 11.6. The summed E-state index contributed by atoms with van der Waals surface area (Å²) in [6.45, 7) is 0.173. The number of carboxylic acid groups (broad SMARTS) is 1. The molecule has 6 heteroatoms. The molecule has 0 spiro atoms. The van der Waals surface area contributed by atoms with Crippen LogP contribution in [0.5, 0.6) is 0 Å². The summed E-state index contributed by atoms with van der Waals surface area (Å²) >= 11 is 7.85. The molecular weight excluding hydrogens is 420 g/mol. The van der Waals surface area contributed by atoms with Gasteiger partial charge in [-0.05, 0) is 74.3 Å². The van der Waals surface area contributed by atoms with E-state index in [0.717, 1.165) is 48.1 Å². The van der Waals surface area contributed by atoms with E-state index in [-0.39, 0.29) is 23.8 Å². The Bertz CT molecular complexity index is 913. The first-order chi connectivity index (χ1) is 14.5. The topological polar surface area (TPSA) is 77.8 Å². The minimum atomic E-state index is -0.887. The Kier molecular flexibility index (Phi) is 8.35. The number of hydrogen-bond acceptors (Lipinski definition) is 4. The van der Waals surface area contributed by atoms with Gasteiger partial charge in [-0.15, -0.1) is 22.9 Å². The molecule has 1 aromatic carbocycles. The van der Waals surface area contributed by atoms with Crippen LogP contribution in [0.4, 0.5) is 0 Å². The fraction of sp³-hybridized carbons (Fsp3) is 0.458. The number of aliphatic hydroxyl groups is 2. The van der Waals surface area contributed by atoms with E-state index >= 15 is 0 Å². The summed E-state index contributed by atoms with van der Waals surface area (Å²) in [5.41, 5.74) is 2.06. The average Bonchev–Trinajstić information content (AvgIpc) is 3.30. The Hall–Kier alpha value is -1.84. The normalized spacial score (nSPS) is 23.2. The van der Waals surface area contributed by atoms with E-state index in [1.807, 2.05) is 30.3 Å². The summed E-state index contributed by atoms with van der Waals surface area (Å²) < 4.78 is 0. The maximum absolute atomic E-state index is 11.0. The quantitative estimate of drug-likeness (QED) is 0.416. The van der Waals surface area contributed by atoms with Crippen LogP contribution in [0.2, 0.25) is 0 Å². The molecule has 1 heterocycles.